The number of carbonyl (C=O) groups excluding carboxylic acids is 1. The van der Waals surface area contributed by atoms with Crippen LogP contribution in [0.5, 0.6) is 0 Å². The summed E-state index contributed by atoms with van der Waals surface area (Å²) in [6.07, 6.45) is 9.28. The van der Waals surface area contributed by atoms with Crippen molar-refractivity contribution in [2.24, 2.45) is 5.73 Å². The van der Waals surface area contributed by atoms with E-state index in [-0.39, 0.29) is 22.9 Å². The predicted octanol–water partition coefficient (Wildman–Crippen LogP) is 2.64. The molecule has 0 amide bonds. The second kappa shape index (κ2) is 10.3. The third-order valence-electron chi connectivity index (χ3n) is 7.43. The van der Waals surface area contributed by atoms with Crippen LogP contribution in [0.3, 0.4) is 0 Å². The predicted molar refractivity (Wildman–Crippen MR) is 141 cm³/mol. The molecule has 0 aromatic carbocycles. The Labute approximate surface area is 210 Å². The zero-order chi connectivity index (χ0) is 25.2. The number of Topliss-reactive ketones (excluding diaryl/α,β-unsaturated/α-hetero) is 1. The Balaban J connectivity index is 1.41. The molecule has 10 heteroatoms. The van der Waals surface area contributed by atoms with Crippen LogP contribution in [0, 0.1) is 6.92 Å². The maximum atomic E-state index is 13.4. The topological polar surface area (TPSA) is 122 Å². The molecular formula is C26H34N8O2. The molecule has 0 radical (unpaired) electrons. The van der Waals surface area contributed by atoms with Crippen LogP contribution in [-0.4, -0.2) is 69.5 Å². The summed E-state index contributed by atoms with van der Waals surface area (Å²) in [4.78, 5) is 44.1. The Hall–Kier alpha value is -3.37. The number of aromatic nitrogens is 4. The summed E-state index contributed by atoms with van der Waals surface area (Å²) in [5.41, 5.74) is 7.22. The second-order valence-electron chi connectivity index (χ2n) is 9.76. The van der Waals surface area contributed by atoms with E-state index in [1.54, 1.807) is 18.6 Å². The van der Waals surface area contributed by atoms with E-state index < -0.39 is 0 Å². The number of hydrogen-bond acceptors (Lipinski definition) is 9. The molecule has 4 heterocycles. The monoisotopic (exact) mass is 490 g/mol. The van der Waals surface area contributed by atoms with Crippen molar-refractivity contribution >= 4 is 34.1 Å². The molecule has 3 aromatic rings. The standard InChI is InChI=1S/C26H34N8O2/c1-17-20-14-28-22(13-21(20)34(19-5-3-4-6-19)26(36)25(17)18(2)35)31-23-15-30-24(16-29-23)33-11-9-32(8-7-27)10-12-33/h13-16,19H,3-12,27H2,1-2H3,(H,28,29,31). The molecule has 2 fully saturated rings. The molecule has 1 saturated heterocycles. The fourth-order valence-electron chi connectivity index (χ4n) is 5.53. The summed E-state index contributed by atoms with van der Waals surface area (Å²) in [5, 5.41) is 4.06. The van der Waals surface area contributed by atoms with Crippen molar-refractivity contribution in [2.45, 2.75) is 45.6 Å². The maximum Gasteiger partial charge on any atom is 0.262 e. The number of anilines is 3. The van der Waals surface area contributed by atoms with Crippen LogP contribution in [0.4, 0.5) is 17.5 Å². The highest BCUT2D eigenvalue weighted by Crippen LogP contribution is 2.33. The summed E-state index contributed by atoms with van der Waals surface area (Å²) < 4.78 is 1.82. The Kier molecular flexibility index (Phi) is 6.97. The first-order valence-electron chi connectivity index (χ1n) is 12.8. The molecule has 2 aliphatic rings. The molecule has 10 nitrogen and oxygen atoms in total. The number of nitrogens with two attached hydrogens (primary N) is 1. The van der Waals surface area contributed by atoms with Crippen molar-refractivity contribution in [3.8, 4) is 0 Å². The summed E-state index contributed by atoms with van der Waals surface area (Å²) in [7, 11) is 0. The minimum absolute atomic E-state index is 0.0957. The largest absolute Gasteiger partial charge is 0.353 e. The van der Waals surface area contributed by atoms with E-state index in [0.29, 0.717) is 23.7 Å². The van der Waals surface area contributed by atoms with Gasteiger partial charge in [-0.05, 0) is 32.3 Å². The molecule has 3 N–H and O–H groups in total. The van der Waals surface area contributed by atoms with Crippen LogP contribution >= 0.6 is 0 Å². The normalized spacial score (nSPS) is 17.1. The van der Waals surface area contributed by atoms with Crippen molar-refractivity contribution in [3.63, 3.8) is 0 Å². The molecule has 0 spiro atoms. The van der Waals surface area contributed by atoms with Crippen LogP contribution in [0.2, 0.25) is 0 Å². The fraction of sp³-hybridized carbons (Fsp3) is 0.500. The van der Waals surface area contributed by atoms with Gasteiger partial charge in [0.2, 0.25) is 0 Å². The number of nitrogens with one attached hydrogen (secondary N) is 1. The van der Waals surface area contributed by atoms with Gasteiger partial charge in [-0.25, -0.2) is 15.0 Å². The van der Waals surface area contributed by atoms with Gasteiger partial charge in [0.15, 0.2) is 5.78 Å². The highest BCUT2D eigenvalue weighted by molar-refractivity contribution is 6.00. The lowest BCUT2D eigenvalue weighted by Crippen LogP contribution is -2.48. The van der Waals surface area contributed by atoms with Crippen molar-refractivity contribution in [3.05, 3.63) is 46.1 Å². The molecule has 1 aliphatic carbocycles. The number of piperazine rings is 1. The Morgan fingerprint density at radius 2 is 1.78 bits per heavy atom. The van der Waals surface area contributed by atoms with Crippen LogP contribution in [0.25, 0.3) is 10.9 Å². The van der Waals surface area contributed by atoms with Gasteiger partial charge in [-0.2, -0.15) is 0 Å². The lowest BCUT2D eigenvalue weighted by molar-refractivity contribution is 0.101. The minimum Gasteiger partial charge on any atom is -0.353 e. The lowest BCUT2D eigenvalue weighted by Gasteiger charge is -2.34. The Morgan fingerprint density at radius 1 is 1.06 bits per heavy atom. The number of rotatable bonds is 7. The first kappa shape index (κ1) is 24.3. The number of ketones is 1. The van der Waals surface area contributed by atoms with Crippen molar-refractivity contribution < 1.29 is 4.79 Å². The zero-order valence-corrected chi connectivity index (χ0v) is 21.0. The first-order valence-corrected chi connectivity index (χ1v) is 12.8. The molecule has 0 atom stereocenters. The van der Waals surface area contributed by atoms with E-state index in [2.05, 4.69) is 30.1 Å². The van der Waals surface area contributed by atoms with E-state index in [1.807, 2.05) is 17.6 Å². The van der Waals surface area contributed by atoms with E-state index in [4.69, 9.17) is 5.73 Å². The van der Waals surface area contributed by atoms with Gasteiger partial charge < -0.3 is 20.5 Å². The fourth-order valence-corrected chi connectivity index (χ4v) is 5.53. The molecule has 0 unspecified atom stereocenters. The van der Waals surface area contributed by atoms with Crippen LogP contribution < -0.4 is 21.5 Å². The van der Waals surface area contributed by atoms with Gasteiger partial charge in [-0.3, -0.25) is 14.5 Å². The Bertz CT molecular complexity index is 1310. The number of carbonyl (C=O) groups is 1. The number of hydrogen-bond donors (Lipinski definition) is 2. The van der Waals surface area contributed by atoms with E-state index in [9.17, 15) is 9.59 Å². The third kappa shape index (κ3) is 4.70. The van der Waals surface area contributed by atoms with Gasteiger partial charge in [-0.1, -0.05) is 12.8 Å². The van der Waals surface area contributed by atoms with Crippen LogP contribution in [0.15, 0.2) is 29.5 Å². The molecule has 3 aromatic heterocycles. The van der Waals surface area contributed by atoms with E-state index in [1.165, 1.54) is 6.92 Å². The summed E-state index contributed by atoms with van der Waals surface area (Å²) in [6.45, 7) is 8.61. The molecule has 190 valence electrons. The average Bonchev–Trinajstić information content (AvgIpc) is 3.39. The van der Waals surface area contributed by atoms with Crippen molar-refractivity contribution in [1.82, 2.24) is 24.4 Å². The molecule has 0 bridgehead atoms. The lowest BCUT2D eigenvalue weighted by atomic mass is 10.0. The summed E-state index contributed by atoms with van der Waals surface area (Å²) >= 11 is 0. The molecule has 1 saturated carbocycles. The van der Waals surface area contributed by atoms with Gasteiger partial charge in [0.1, 0.15) is 17.5 Å². The van der Waals surface area contributed by atoms with Crippen LogP contribution in [0.1, 0.15) is 54.6 Å². The molecule has 5 rings (SSSR count). The SMILES string of the molecule is CC(=O)c1c(C)c2cnc(Nc3cnc(N4CCN(CCN)CC4)cn3)cc2n(C2CCCC2)c1=O. The van der Waals surface area contributed by atoms with Gasteiger partial charge >= 0.3 is 0 Å². The average molecular weight is 491 g/mol. The summed E-state index contributed by atoms with van der Waals surface area (Å²) in [6, 6.07) is 1.98. The van der Waals surface area contributed by atoms with E-state index >= 15 is 0 Å². The smallest absolute Gasteiger partial charge is 0.262 e. The van der Waals surface area contributed by atoms with Crippen molar-refractivity contribution in [2.75, 3.05) is 49.5 Å². The number of nitrogens with zero attached hydrogens (tertiary/aromatic N) is 6. The Morgan fingerprint density at radius 3 is 2.42 bits per heavy atom. The van der Waals surface area contributed by atoms with Crippen molar-refractivity contribution in [1.29, 1.82) is 0 Å². The number of pyridine rings is 2. The zero-order valence-electron chi connectivity index (χ0n) is 21.0. The first-order chi connectivity index (χ1) is 17.5. The number of fused-ring (bicyclic) bond motifs is 1. The highest BCUT2D eigenvalue weighted by atomic mass is 16.1. The quantitative estimate of drug-likeness (QED) is 0.481. The van der Waals surface area contributed by atoms with Crippen LogP contribution in [-0.2, 0) is 0 Å². The van der Waals surface area contributed by atoms with E-state index in [0.717, 1.165) is 75.1 Å². The molecular weight excluding hydrogens is 456 g/mol. The summed E-state index contributed by atoms with van der Waals surface area (Å²) in [5.74, 6) is 1.81. The maximum absolute atomic E-state index is 13.4. The highest BCUT2D eigenvalue weighted by Gasteiger charge is 2.25. The van der Waals surface area contributed by atoms with Gasteiger partial charge in [0.25, 0.3) is 5.56 Å². The second-order valence-corrected chi connectivity index (χ2v) is 9.76. The minimum atomic E-state index is -0.204. The number of aryl methyl sites for hydroxylation is 1. The third-order valence-corrected chi connectivity index (χ3v) is 7.43. The molecule has 36 heavy (non-hydrogen) atoms. The van der Waals surface area contributed by atoms with Gasteiger partial charge in [-0.15, -0.1) is 0 Å². The van der Waals surface area contributed by atoms with Gasteiger partial charge in [0.05, 0.1) is 23.5 Å². The van der Waals surface area contributed by atoms with Gasteiger partial charge in [0, 0.05) is 63.0 Å². The molecule has 1 aliphatic heterocycles.